The molecular weight excluding hydrogens is 150 g/mol. The average molecular weight is 174 g/mol. The van der Waals surface area contributed by atoms with Crippen LogP contribution in [0.4, 0.5) is 0 Å². The van der Waals surface area contributed by atoms with Gasteiger partial charge in [-0.3, -0.25) is 0 Å². The topological polar surface area (TPSA) is 20.2 Å². The summed E-state index contributed by atoms with van der Waals surface area (Å²) < 4.78 is 1.14. The molecule has 0 aliphatic heterocycles. The zero-order valence-electron chi connectivity index (χ0n) is 9.01. The van der Waals surface area contributed by atoms with Crippen molar-refractivity contribution in [1.82, 2.24) is 0 Å². The molecule has 0 aromatic carbocycles. The molecular formula is C10H24NO+. The van der Waals surface area contributed by atoms with Crippen molar-refractivity contribution in [2.75, 3.05) is 26.2 Å². The highest BCUT2D eigenvalue weighted by atomic mass is 16.3. The molecule has 0 aromatic rings. The molecule has 0 bridgehead atoms. The average Bonchev–Trinajstić information content (AvgIpc) is 2.08. The second-order valence-electron chi connectivity index (χ2n) is 3.65. The Morgan fingerprint density at radius 1 is 1.08 bits per heavy atom. The van der Waals surface area contributed by atoms with E-state index < -0.39 is 0 Å². The Hall–Kier alpha value is -0.0800. The third-order valence-electron chi connectivity index (χ3n) is 3.03. The van der Waals surface area contributed by atoms with Gasteiger partial charge < -0.3 is 9.59 Å². The molecule has 0 radical (unpaired) electrons. The fourth-order valence-electron chi connectivity index (χ4n) is 1.61. The van der Waals surface area contributed by atoms with E-state index in [-0.39, 0.29) is 6.10 Å². The first kappa shape index (κ1) is 11.9. The van der Waals surface area contributed by atoms with Gasteiger partial charge in [-0.2, -0.15) is 0 Å². The Morgan fingerprint density at radius 2 is 1.50 bits per heavy atom. The van der Waals surface area contributed by atoms with Gasteiger partial charge in [0.25, 0.3) is 0 Å². The van der Waals surface area contributed by atoms with Gasteiger partial charge in [0, 0.05) is 6.42 Å². The van der Waals surface area contributed by atoms with Crippen LogP contribution >= 0.6 is 0 Å². The van der Waals surface area contributed by atoms with Crippen molar-refractivity contribution in [3.8, 4) is 0 Å². The molecule has 0 fully saturated rings. The Balaban J connectivity index is 3.93. The molecule has 12 heavy (non-hydrogen) atoms. The fourth-order valence-corrected chi connectivity index (χ4v) is 1.61. The van der Waals surface area contributed by atoms with E-state index in [0.717, 1.165) is 17.4 Å². The summed E-state index contributed by atoms with van der Waals surface area (Å²) in [6.45, 7) is 13.2. The van der Waals surface area contributed by atoms with Crippen molar-refractivity contribution < 1.29 is 9.59 Å². The summed E-state index contributed by atoms with van der Waals surface area (Å²) in [5.41, 5.74) is 0. The SMILES string of the molecule is CC[N+](CC)(CC)CCC(C)O. The largest absolute Gasteiger partial charge is 0.393 e. The number of nitrogens with zero attached hydrogens (tertiary/aromatic N) is 1. The van der Waals surface area contributed by atoms with Crippen molar-refractivity contribution in [3.63, 3.8) is 0 Å². The van der Waals surface area contributed by atoms with Gasteiger partial charge in [-0.05, 0) is 27.7 Å². The smallest absolute Gasteiger partial charge is 0.0811 e. The van der Waals surface area contributed by atoms with Gasteiger partial charge >= 0.3 is 0 Å². The van der Waals surface area contributed by atoms with E-state index in [9.17, 15) is 5.11 Å². The molecule has 74 valence electrons. The molecule has 0 amide bonds. The number of aliphatic hydroxyl groups excluding tert-OH is 1. The van der Waals surface area contributed by atoms with Crippen LogP contribution in [-0.4, -0.2) is 41.9 Å². The maximum atomic E-state index is 9.19. The van der Waals surface area contributed by atoms with E-state index in [2.05, 4.69) is 20.8 Å². The quantitative estimate of drug-likeness (QED) is 0.607. The summed E-state index contributed by atoms with van der Waals surface area (Å²) >= 11 is 0. The summed E-state index contributed by atoms with van der Waals surface area (Å²) in [6.07, 6.45) is 0.780. The third kappa shape index (κ3) is 3.55. The second-order valence-corrected chi connectivity index (χ2v) is 3.65. The van der Waals surface area contributed by atoms with Gasteiger partial charge in [0.1, 0.15) is 0 Å². The molecule has 2 heteroatoms. The highest BCUT2D eigenvalue weighted by molar-refractivity contribution is 4.47. The molecule has 0 saturated heterocycles. The van der Waals surface area contributed by atoms with Gasteiger partial charge in [-0.1, -0.05) is 0 Å². The number of hydrogen-bond acceptors (Lipinski definition) is 1. The number of rotatable bonds is 6. The lowest BCUT2D eigenvalue weighted by Gasteiger charge is -2.36. The zero-order valence-corrected chi connectivity index (χ0v) is 9.01. The number of hydrogen-bond donors (Lipinski definition) is 1. The van der Waals surface area contributed by atoms with Crippen LogP contribution in [0.25, 0.3) is 0 Å². The Morgan fingerprint density at radius 3 is 1.75 bits per heavy atom. The van der Waals surface area contributed by atoms with Crippen LogP contribution in [0.5, 0.6) is 0 Å². The molecule has 0 heterocycles. The van der Waals surface area contributed by atoms with Gasteiger partial charge in [0.2, 0.25) is 0 Å². The Bertz CT molecular complexity index is 100. The minimum absolute atomic E-state index is 0.146. The molecule has 0 saturated carbocycles. The van der Waals surface area contributed by atoms with Crippen molar-refractivity contribution in [2.24, 2.45) is 0 Å². The minimum Gasteiger partial charge on any atom is -0.393 e. The van der Waals surface area contributed by atoms with Crippen molar-refractivity contribution in [3.05, 3.63) is 0 Å². The molecule has 0 rings (SSSR count). The van der Waals surface area contributed by atoms with E-state index in [1.165, 1.54) is 19.6 Å². The normalized spacial score (nSPS) is 14.8. The van der Waals surface area contributed by atoms with Crippen molar-refractivity contribution in [2.45, 2.75) is 40.2 Å². The monoisotopic (exact) mass is 174 g/mol. The Labute approximate surface area is 76.8 Å². The fraction of sp³-hybridized carbons (Fsp3) is 1.00. The van der Waals surface area contributed by atoms with Gasteiger partial charge in [0.05, 0.1) is 32.3 Å². The third-order valence-corrected chi connectivity index (χ3v) is 3.03. The van der Waals surface area contributed by atoms with E-state index in [1.807, 2.05) is 6.92 Å². The van der Waals surface area contributed by atoms with Crippen LogP contribution in [0.15, 0.2) is 0 Å². The summed E-state index contributed by atoms with van der Waals surface area (Å²) in [4.78, 5) is 0. The van der Waals surface area contributed by atoms with Gasteiger partial charge in [-0.25, -0.2) is 0 Å². The maximum absolute atomic E-state index is 9.19. The second kappa shape index (κ2) is 5.55. The molecule has 1 unspecified atom stereocenters. The molecule has 0 spiro atoms. The minimum atomic E-state index is -0.146. The lowest BCUT2D eigenvalue weighted by molar-refractivity contribution is -0.923. The van der Waals surface area contributed by atoms with Crippen molar-refractivity contribution >= 4 is 0 Å². The molecule has 1 N–H and O–H groups in total. The summed E-state index contributed by atoms with van der Waals surface area (Å²) in [6, 6.07) is 0. The molecule has 1 atom stereocenters. The maximum Gasteiger partial charge on any atom is 0.0811 e. The van der Waals surface area contributed by atoms with Crippen molar-refractivity contribution in [1.29, 1.82) is 0 Å². The summed E-state index contributed by atoms with van der Waals surface area (Å²) in [7, 11) is 0. The van der Waals surface area contributed by atoms with E-state index in [0.29, 0.717) is 0 Å². The summed E-state index contributed by atoms with van der Waals surface area (Å²) in [5, 5.41) is 9.19. The van der Waals surface area contributed by atoms with Gasteiger partial charge in [0.15, 0.2) is 0 Å². The first-order chi connectivity index (χ1) is 5.60. The summed E-state index contributed by atoms with van der Waals surface area (Å²) in [5.74, 6) is 0. The lowest BCUT2D eigenvalue weighted by atomic mass is 10.2. The van der Waals surface area contributed by atoms with E-state index >= 15 is 0 Å². The van der Waals surface area contributed by atoms with Crippen LogP contribution < -0.4 is 0 Å². The highest BCUT2D eigenvalue weighted by Gasteiger charge is 2.20. The predicted octanol–water partition coefficient (Wildman–Crippen LogP) is 1.63. The zero-order chi connectivity index (χ0) is 9.61. The van der Waals surface area contributed by atoms with Crippen LogP contribution in [0.1, 0.15) is 34.1 Å². The molecule has 0 aliphatic rings. The predicted molar refractivity (Wildman–Crippen MR) is 53.0 cm³/mol. The molecule has 2 nitrogen and oxygen atoms in total. The van der Waals surface area contributed by atoms with Crippen LogP contribution in [0.3, 0.4) is 0 Å². The Kier molecular flexibility index (Phi) is 5.51. The number of aliphatic hydroxyl groups is 1. The van der Waals surface area contributed by atoms with E-state index in [4.69, 9.17) is 0 Å². The first-order valence-corrected chi connectivity index (χ1v) is 5.13. The lowest BCUT2D eigenvalue weighted by Crippen LogP contribution is -2.48. The van der Waals surface area contributed by atoms with Crippen LogP contribution in [0, 0.1) is 0 Å². The van der Waals surface area contributed by atoms with Gasteiger partial charge in [-0.15, -0.1) is 0 Å². The first-order valence-electron chi connectivity index (χ1n) is 5.13. The molecule has 0 aromatic heterocycles. The van der Waals surface area contributed by atoms with Crippen LogP contribution in [-0.2, 0) is 0 Å². The number of quaternary nitrogens is 1. The van der Waals surface area contributed by atoms with Crippen LogP contribution in [0.2, 0.25) is 0 Å². The van der Waals surface area contributed by atoms with E-state index in [1.54, 1.807) is 0 Å². The standard InChI is InChI=1S/C10H24NO/c1-5-11(6-2,7-3)9-8-10(4)12/h10,12H,5-9H2,1-4H3/q+1. The highest BCUT2D eigenvalue weighted by Crippen LogP contribution is 2.08. The molecule has 0 aliphatic carbocycles.